The Hall–Kier alpha value is -2.24. The topological polar surface area (TPSA) is 88.5 Å². The normalized spacial score (nSPS) is 13.6. The Morgan fingerprint density at radius 3 is 2.88 bits per heavy atom. The lowest BCUT2D eigenvalue weighted by molar-refractivity contribution is 0.391. The molecule has 0 spiro atoms. The van der Waals surface area contributed by atoms with Gasteiger partial charge in [-0.2, -0.15) is 10.2 Å². The van der Waals surface area contributed by atoms with Gasteiger partial charge >= 0.3 is 0 Å². The Kier molecular flexibility index (Phi) is 4.74. The molecule has 2 heterocycles. The van der Waals surface area contributed by atoms with Crippen molar-refractivity contribution in [1.29, 1.82) is 5.26 Å². The van der Waals surface area contributed by atoms with Crippen LogP contribution in [0.25, 0.3) is 11.4 Å². The molecule has 0 amide bonds. The second-order valence-corrected chi connectivity index (χ2v) is 7.92. The fourth-order valence-electron chi connectivity index (χ4n) is 2.51. The molecule has 3 aromatic rings. The van der Waals surface area contributed by atoms with Crippen LogP contribution >= 0.6 is 27.7 Å². The molecule has 1 aliphatic rings. The van der Waals surface area contributed by atoms with Crippen molar-refractivity contribution in [3.05, 3.63) is 51.7 Å². The lowest BCUT2D eigenvalue weighted by atomic mass is 10.2. The zero-order valence-electron chi connectivity index (χ0n) is 13.9. The summed E-state index contributed by atoms with van der Waals surface area (Å²) in [5, 5.41) is 14.1. The van der Waals surface area contributed by atoms with Crippen LogP contribution in [-0.2, 0) is 5.75 Å². The van der Waals surface area contributed by atoms with Crippen molar-refractivity contribution in [3.8, 4) is 17.5 Å². The van der Waals surface area contributed by atoms with Crippen molar-refractivity contribution in [3.63, 3.8) is 0 Å². The van der Waals surface area contributed by atoms with E-state index in [1.807, 2.05) is 31.2 Å². The van der Waals surface area contributed by atoms with E-state index in [1.54, 1.807) is 0 Å². The molecule has 1 saturated carbocycles. The molecule has 4 rings (SSSR count). The molecule has 0 saturated heterocycles. The maximum absolute atomic E-state index is 9.42. The molecule has 0 unspecified atom stereocenters. The van der Waals surface area contributed by atoms with Crippen LogP contribution in [0, 0.1) is 18.3 Å². The zero-order valence-corrected chi connectivity index (χ0v) is 16.3. The Labute approximate surface area is 163 Å². The number of nitrogens with zero attached hydrogens (tertiary/aromatic N) is 5. The Morgan fingerprint density at radius 1 is 1.31 bits per heavy atom. The number of aryl methyl sites for hydroxylation is 1. The summed E-state index contributed by atoms with van der Waals surface area (Å²) >= 11 is 4.87. The molecule has 1 fully saturated rings. The number of rotatable bonds is 5. The summed E-state index contributed by atoms with van der Waals surface area (Å²) in [5.41, 5.74) is 2.13. The van der Waals surface area contributed by atoms with Crippen LogP contribution in [0.4, 0.5) is 0 Å². The summed E-state index contributed by atoms with van der Waals surface area (Å²) < 4.78 is 6.31. The van der Waals surface area contributed by atoms with Crippen LogP contribution < -0.4 is 0 Å². The van der Waals surface area contributed by atoms with Gasteiger partial charge in [-0.25, -0.2) is 9.97 Å². The minimum absolute atomic E-state index is 0.437. The third-order valence-corrected chi connectivity index (χ3v) is 5.46. The minimum Gasteiger partial charge on any atom is -0.338 e. The van der Waals surface area contributed by atoms with E-state index in [0.717, 1.165) is 34.4 Å². The molecule has 0 N–H and O–H groups in total. The van der Waals surface area contributed by atoms with E-state index in [0.29, 0.717) is 34.0 Å². The van der Waals surface area contributed by atoms with Gasteiger partial charge in [0.05, 0.1) is 11.4 Å². The molecule has 130 valence electrons. The van der Waals surface area contributed by atoms with E-state index in [9.17, 15) is 5.26 Å². The van der Waals surface area contributed by atoms with Crippen molar-refractivity contribution in [2.45, 2.75) is 36.5 Å². The van der Waals surface area contributed by atoms with Crippen molar-refractivity contribution in [1.82, 2.24) is 20.1 Å². The maximum Gasteiger partial charge on any atom is 0.237 e. The Balaban J connectivity index is 1.54. The highest BCUT2D eigenvalue weighted by Crippen LogP contribution is 2.39. The zero-order chi connectivity index (χ0) is 18.1. The quantitative estimate of drug-likeness (QED) is 0.432. The van der Waals surface area contributed by atoms with Crippen LogP contribution in [0.1, 0.15) is 41.7 Å². The number of aromatic nitrogens is 4. The number of nitriles is 1. The molecular weight excluding hydrogens is 414 g/mol. The van der Waals surface area contributed by atoms with Crippen molar-refractivity contribution >= 4 is 27.7 Å². The van der Waals surface area contributed by atoms with Gasteiger partial charge in [-0.15, -0.1) is 0 Å². The van der Waals surface area contributed by atoms with Gasteiger partial charge < -0.3 is 4.52 Å². The molecule has 26 heavy (non-hydrogen) atoms. The highest BCUT2D eigenvalue weighted by Gasteiger charge is 2.28. The van der Waals surface area contributed by atoms with E-state index >= 15 is 0 Å². The second kappa shape index (κ2) is 7.17. The summed E-state index contributed by atoms with van der Waals surface area (Å²) in [6.45, 7) is 1.86. The van der Waals surface area contributed by atoms with Crippen LogP contribution in [0.3, 0.4) is 0 Å². The standard InChI is InChI=1S/C18H14BrN5OS/c1-10-14(8-20)18(23-16(21-10)11-5-6-11)26-9-15-22-17(24-25-15)12-3-2-4-13(19)7-12/h2-4,7,11H,5-6,9H2,1H3. The summed E-state index contributed by atoms with van der Waals surface area (Å²) in [5.74, 6) is 2.77. The first-order valence-corrected chi connectivity index (χ1v) is 9.92. The van der Waals surface area contributed by atoms with E-state index in [-0.39, 0.29) is 0 Å². The maximum atomic E-state index is 9.42. The van der Waals surface area contributed by atoms with Gasteiger partial charge in [0.1, 0.15) is 22.5 Å². The summed E-state index contributed by atoms with van der Waals surface area (Å²) in [7, 11) is 0. The fourth-order valence-corrected chi connectivity index (χ4v) is 3.79. The molecular formula is C18H14BrN5OS. The molecule has 0 radical (unpaired) electrons. The van der Waals surface area contributed by atoms with Gasteiger partial charge in [-0.1, -0.05) is 45.0 Å². The van der Waals surface area contributed by atoms with Crippen molar-refractivity contribution in [2.75, 3.05) is 0 Å². The first-order valence-electron chi connectivity index (χ1n) is 8.14. The SMILES string of the molecule is Cc1nc(C2CC2)nc(SCc2nc(-c3cccc(Br)c3)no2)c1C#N. The second-order valence-electron chi connectivity index (χ2n) is 6.04. The smallest absolute Gasteiger partial charge is 0.237 e. The molecule has 1 aromatic carbocycles. The average Bonchev–Trinajstić information content (AvgIpc) is 3.37. The monoisotopic (exact) mass is 427 g/mol. The molecule has 8 heteroatoms. The predicted molar refractivity (Wildman–Crippen MR) is 100 cm³/mol. The van der Waals surface area contributed by atoms with Gasteiger partial charge in [0.2, 0.25) is 11.7 Å². The molecule has 0 aliphatic heterocycles. The van der Waals surface area contributed by atoms with Crippen LogP contribution in [0.5, 0.6) is 0 Å². The predicted octanol–water partition coefficient (Wildman–Crippen LogP) is 4.64. The lowest BCUT2D eigenvalue weighted by Gasteiger charge is -2.06. The van der Waals surface area contributed by atoms with Crippen LogP contribution in [-0.4, -0.2) is 20.1 Å². The fraction of sp³-hybridized carbons (Fsp3) is 0.278. The highest BCUT2D eigenvalue weighted by molar-refractivity contribution is 9.10. The summed E-state index contributed by atoms with van der Waals surface area (Å²) in [4.78, 5) is 13.5. The number of hydrogen-bond acceptors (Lipinski definition) is 7. The van der Waals surface area contributed by atoms with Gasteiger partial charge in [0.25, 0.3) is 0 Å². The van der Waals surface area contributed by atoms with Gasteiger partial charge in [0.15, 0.2) is 0 Å². The van der Waals surface area contributed by atoms with E-state index < -0.39 is 0 Å². The average molecular weight is 428 g/mol. The van der Waals surface area contributed by atoms with Crippen molar-refractivity contribution < 1.29 is 4.52 Å². The summed E-state index contributed by atoms with van der Waals surface area (Å²) in [6.07, 6.45) is 2.24. The first-order chi connectivity index (χ1) is 12.6. The molecule has 6 nitrogen and oxygen atoms in total. The van der Waals surface area contributed by atoms with Crippen LogP contribution in [0.2, 0.25) is 0 Å². The number of benzene rings is 1. The van der Waals surface area contributed by atoms with Crippen molar-refractivity contribution in [2.24, 2.45) is 0 Å². The molecule has 0 bridgehead atoms. The Bertz CT molecular complexity index is 1010. The largest absolute Gasteiger partial charge is 0.338 e. The third-order valence-electron chi connectivity index (χ3n) is 4.01. The van der Waals surface area contributed by atoms with Gasteiger partial charge in [0, 0.05) is 16.0 Å². The van der Waals surface area contributed by atoms with Gasteiger partial charge in [-0.05, 0) is 31.9 Å². The van der Waals surface area contributed by atoms with Gasteiger partial charge in [-0.3, -0.25) is 0 Å². The number of thioether (sulfide) groups is 1. The third kappa shape index (κ3) is 3.64. The number of hydrogen-bond donors (Lipinski definition) is 0. The minimum atomic E-state index is 0.437. The lowest BCUT2D eigenvalue weighted by Crippen LogP contribution is -2.01. The molecule has 0 atom stereocenters. The molecule has 2 aromatic heterocycles. The Morgan fingerprint density at radius 2 is 2.15 bits per heavy atom. The number of halogens is 1. The van der Waals surface area contributed by atoms with E-state index in [1.165, 1.54) is 11.8 Å². The van der Waals surface area contributed by atoms with Crippen LogP contribution in [0.15, 0.2) is 38.3 Å². The summed E-state index contributed by atoms with van der Waals surface area (Å²) in [6, 6.07) is 9.93. The van der Waals surface area contributed by atoms with E-state index in [2.05, 4.69) is 42.1 Å². The molecule has 1 aliphatic carbocycles. The highest BCUT2D eigenvalue weighted by atomic mass is 79.9. The first kappa shape index (κ1) is 17.2. The van der Waals surface area contributed by atoms with E-state index in [4.69, 9.17) is 4.52 Å².